The van der Waals surface area contributed by atoms with Crippen LogP contribution in [0.5, 0.6) is 0 Å². The number of nitro groups is 1. The summed E-state index contributed by atoms with van der Waals surface area (Å²) in [6, 6.07) is 6.11. The van der Waals surface area contributed by atoms with E-state index < -0.39 is 11.0 Å². The Hall–Kier alpha value is -1.95. The summed E-state index contributed by atoms with van der Waals surface area (Å²) in [6.07, 6.45) is 2.09. The Morgan fingerprint density at radius 2 is 2.19 bits per heavy atom. The van der Waals surface area contributed by atoms with Crippen LogP contribution in [-0.4, -0.2) is 39.5 Å². The third-order valence-corrected chi connectivity index (χ3v) is 3.96. The van der Waals surface area contributed by atoms with Crippen molar-refractivity contribution in [2.75, 3.05) is 6.54 Å². The topological polar surface area (TPSA) is 83.7 Å². The van der Waals surface area contributed by atoms with Gasteiger partial charge in [-0.1, -0.05) is 18.2 Å². The Morgan fingerprint density at radius 3 is 2.86 bits per heavy atom. The molecule has 0 unspecified atom stereocenters. The molecule has 1 heterocycles. The fourth-order valence-corrected chi connectivity index (χ4v) is 2.87. The molecule has 1 N–H and O–H groups in total. The van der Waals surface area contributed by atoms with Crippen LogP contribution in [0.3, 0.4) is 0 Å². The van der Waals surface area contributed by atoms with E-state index in [1.165, 1.54) is 6.07 Å². The fraction of sp³-hybridized carbons (Fsp3) is 0.533. The number of likely N-dealkylation sites (tertiary alicyclic amines) is 1. The lowest BCUT2D eigenvalue weighted by atomic mass is 9.97. The van der Waals surface area contributed by atoms with E-state index in [9.17, 15) is 20.0 Å². The van der Waals surface area contributed by atoms with Crippen molar-refractivity contribution in [2.45, 2.75) is 44.8 Å². The highest BCUT2D eigenvalue weighted by molar-refractivity contribution is 5.80. The highest BCUT2D eigenvalue weighted by atomic mass is 16.6. The molecule has 0 aliphatic carbocycles. The van der Waals surface area contributed by atoms with Gasteiger partial charge in [0.05, 0.1) is 23.5 Å². The number of carbonyl (C=O) groups excluding carboxylic acids is 1. The quantitative estimate of drug-likeness (QED) is 0.678. The maximum atomic E-state index is 12.4. The van der Waals surface area contributed by atoms with E-state index in [1.54, 1.807) is 30.0 Å². The first kappa shape index (κ1) is 15.4. The molecule has 0 saturated carbocycles. The largest absolute Gasteiger partial charge is 0.391 e. The van der Waals surface area contributed by atoms with Crippen LogP contribution < -0.4 is 0 Å². The molecule has 1 fully saturated rings. The average molecular weight is 292 g/mol. The molecule has 0 radical (unpaired) electrons. The van der Waals surface area contributed by atoms with Gasteiger partial charge in [0.15, 0.2) is 0 Å². The number of nitro benzene ring substituents is 1. The molecule has 1 aliphatic heterocycles. The minimum absolute atomic E-state index is 0.000370. The third-order valence-electron chi connectivity index (χ3n) is 3.96. The molecular formula is C15H20N2O4. The van der Waals surface area contributed by atoms with Gasteiger partial charge in [-0.25, -0.2) is 0 Å². The highest BCUT2D eigenvalue weighted by Gasteiger charge is 2.30. The van der Waals surface area contributed by atoms with E-state index in [0.717, 1.165) is 19.3 Å². The molecule has 1 aliphatic rings. The van der Waals surface area contributed by atoms with Crippen molar-refractivity contribution in [1.82, 2.24) is 4.90 Å². The second kappa shape index (κ2) is 6.67. The van der Waals surface area contributed by atoms with Crippen LogP contribution in [0.15, 0.2) is 24.3 Å². The molecule has 2 atom stereocenters. The van der Waals surface area contributed by atoms with Gasteiger partial charge in [0.25, 0.3) is 5.69 Å². The number of piperidine rings is 1. The number of rotatable bonds is 4. The smallest absolute Gasteiger partial charge is 0.273 e. The number of hydrogen-bond donors (Lipinski definition) is 1. The standard InChI is InChI=1S/C15H20N2O4/c1-11(18)13-7-4-5-9-16(13)15(19)10-12-6-2-3-8-14(12)17(20)21/h2-3,6,8,11,13,18H,4-5,7,9-10H2,1H3/t11-,13+/m0/s1. The van der Waals surface area contributed by atoms with Crippen molar-refractivity contribution < 1.29 is 14.8 Å². The average Bonchev–Trinajstić information content (AvgIpc) is 2.47. The lowest BCUT2D eigenvalue weighted by molar-refractivity contribution is -0.385. The van der Waals surface area contributed by atoms with Gasteiger partial charge in [0.1, 0.15) is 0 Å². The van der Waals surface area contributed by atoms with E-state index in [2.05, 4.69) is 0 Å². The number of amides is 1. The van der Waals surface area contributed by atoms with Gasteiger partial charge in [0.2, 0.25) is 5.91 Å². The molecular weight excluding hydrogens is 272 g/mol. The molecule has 6 heteroatoms. The number of nitrogens with zero attached hydrogens (tertiary/aromatic N) is 2. The summed E-state index contributed by atoms with van der Waals surface area (Å²) < 4.78 is 0. The molecule has 1 saturated heterocycles. The van der Waals surface area contributed by atoms with E-state index in [-0.39, 0.29) is 24.1 Å². The van der Waals surface area contributed by atoms with Gasteiger partial charge < -0.3 is 10.0 Å². The van der Waals surface area contributed by atoms with Crippen molar-refractivity contribution in [2.24, 2.45) is 0 Å². The number of carbonyl (C=O) groups is 1. The Bertz CT molecular complexity index is 530. The van der Waals surface area contributed by atoms with Crippen molar-refractivity contribution in [3.8, 4) is 0 Å². The highest BCUT2D eigenvalue weighted by Crippen LogP contribution is 2.23. The number of benzene rings is 1. The van der Waals surface area contributed by atoms with Gasteiger partial charge in [-0.3, -0.25) is 14.9 Å². The number of aliphatic hydroxyl groups excluding tert-OH is 1. The SMILES string of the molecule is C[C@H](O)[C@H]1CCCCN1C(=O)Cc1ccccc1[N+](=O)[O-]. The van der Waals surface area contributed by atoms with Crippen molar-refractivity contribution in [3.63, 3.8) is 0 Å². The van der Waals surface area contributed by atoms with Gasteiger partial charge >= 0.3 is 0 Å². The minimum Gasteiger partial charge on any atom is -0.391 e. The lowest BCUT2D eigenvalue weighted by Crippen LogP contribution is -2.49. The fourth-order valence-electron chi connectivity index (χ4n) is 2.87. The zero-order valence-corrected chi connectivity index (χ0v) is 12.1. The van der Waals surface area contributed by atoms with Crippen LogP contribution in [0, 0.1) is 10.1 Å². The van der Waals surface area contributed by atoms with Gasteiger partial charge in [0, 0.05) is 18.2 Å². The lowest BCUT2D eigenvalue weighted by Gasteiger charge is -2.37. The van der Waals surface area contributed by atoms with Crippen LogP contribution in [0.2, 0.25) is 0 Å². The summed E-state index contributed by atoms with van der Waals surface area (Å²) in [4.78, 5) is 24.6. The van der Waals surface area contributed by atoms with Crippen molar-refractivity contribution in [3.05, 3.63) is 39.9 Å². The second-order valence-corrected chi connectivity index (χ2v) is 5.45. The van der Waals surface area contributed by atoms with E-state index in [1.807, 2.05) is 0 Å². The minimum atomic E-state index is -0.583. The van der Waals surface area contributed by atoms with E-state index in [4.69, 9.17) is 0 Å². The third kappa shape index (κ3) is 3.58. The Kier molecular flexibility index (Phi) is 4.90. The maximum Gasteiger partial charge on any atom is 0.273 e. The first-order valence-corrected chi connectivity index (χ1v) is 7.20. The number of aliphatic hydroxyl groups is 1. The molecule has 0 aromatic heterocycles. The summed E-state index contributed by atoms with van der Waals surface area (Å²) in [7, 11) is 0. The van der Waals surface area contributed by atoms with Gasteiger partial charge in [-0.2, -0.15) is 0 Å². The normalized spacial score (nSPS) is 20.1. The summed E-state index contributed by atoms with van der Waals surface area (Å²) >= 11 is 0. The number of hydrogen-bond acceptors (Lipinski definition) is 4. The summed E-state index contributed by atoms with van der Waals surface area (Å²) in [5, 5.41) is 20.8. The van der Waals surface area contributed by atoms with Crippen molar-refractivity contribution >= 4 is 11.6 Å². The van der Waals surface area contributed by atoms with Crippen molar-refractivity contribution in [1.29, 1.82) is 0 Å². The molecule has 0 bridgehead atoms. The number of para-hydroxylation sites is 1. The van der Waals surface area contributed by atoms with Crippen LogP contribution in [0.4, 0.5) is 5.69 Å². The van der Waals surface area contributed by atoms with Crippen LogP contribution in [0.1, 0.15) is 31.7 Å². The summed E-state index contributed by atoms with van der Waals surface area (Å²) in [6.45, 7) is 2.29. The van der Waals surface area contributed by atoms with Crippen LogP contribution in [0.25, 0.3) is 0 Å². The van der Waals surface area contributed by atoms with Crippen LogP contribution >= 0.6 is 0 Å². The zero-order valence-electron chi connectivity index (χ0n) is 12.1. The van der Waals surface area contributed by atoms with Gasteiger partial charge in [-0.15, -0.1) is 0 Å². The Morgan fingerprint density at radius 1 is 1.48 bits per heavy atom. The van der Waals surface area contributed by atoms with Crippen LogP contribution in [-0.2, 0) is 11.2 Å². The first-order valence-electron chi connectivity index (χ1n) is 7.20. The molecule has 114 valence electrons. The molecule has 21 heavy (non-hydrogen) atoms. The predicted octanol–water partition coefficient (Wildman–Crippen LogP) is 1.90. The van der Waals surface area contributed by atoms with Gasteiger partial charge in [-0.05, 0) is 26.2 Å². The molecule has 1 aromatic rings. The Labute approximate surface area is 123 Å². The molecule has 6 nitrogen and oxygen atoms in total. The molecule has 1 amide bonds. The molecule has 0 spiro atoms. The zero-order chi connectivity index (χ0) is 15.4. The maximum absolute atomic E-state index is 12.4. The molecule has 1 aromatic carbocycles. The van der Waals surface area contributed by atoms with E-state index >= 15 is 0 Å². The summed E-state index contributed by atoms with van der Waals surface area (Å²) in [5.41, 5.74) is 0.388. The summed E-state index contributed by atoms with van der Waals surface area (Å²) in [5.74, 6) is -0.157. The first-order chi connectivity index (χ1) is 10.0. The van der Waals surface area contributed by atoms with E-state index in [0.29, 0.717) is 12.1 Å². The second-order valence-electron chi connectivity index (χ2n) is 5.45. The monoisotopic (exact) mass is 292 g/mol. The Balaban J connectivity index is 2.15. The molecule has 2 rings (SSSR count). The predicted molar refractivity (Wildman–Crippen MR) is 77.8 cm³/mol.